The van der Waals surface area contributed by atoms with Gasteiger partial charge in [0.25, 0.3) is 0 Å². The van der Waals surface area contributed by atoms with Crippen LogP contribution >= 0.6 is 0 Å². The van der Waals surface area contributed by atoms with Crippen molar-refractivity contribution in [1.82, 2.24) is 10.6 Å². The Morgan fingerprint density at radius 3 is 2.50 bits per heavy atom. The van der Waals surface area contributed by atoms with Crippen LogP contribution < -0.4 is 15.4 Å². The first-order chi connectivity index (χ1) is 10.8. The van der Waals surface area contributed by atoms with Gasteiger partial charge in [-0.2, -0.15) is 0 Å². The molecule has 2 rings (SSSR count). The highest BCUT2D eigenvalue weighted by Crippen LogP contribution is 2.19. The Balaban J connectivity index is 1.83. The molecule has 0 aliphatic rings. The van der Waals surface area contributed by atoms with Crippen molar-refractivity contribution in [2.24, 2.45) is 0 Å². The highest BCUT2D eigenvalue weighted by molar-refractivity contribution is 5.72. The van der Waals surface area contributed by atoms with Gasteiger partial charge in [-0.15, -0.1) is 0 Å². The standard InChI is InChI=1S/C18H22N2O2/c1-15(21)20-12-11-19-13-17-9-5-6-10-18(17)22-14-16-7-3-2-4-8-16/h2-10,19H,11-14H2,1H3,(H,20,21). The third-order valence-electron chi connectivity index (χ3n) is 3.20. The molecule has 0 aliphatic carbocycles. The summed E-state index contributed by atoms with van der Waals surface area (Å²) < 4.78 is 5.91. The molecule has 0 unspecified atom stereocenters. The number of ether oxygens (including phenoxy) is 1. The van der Waals surface area contributed by atoms with Crippen LogP contribution in [0.1, 0.15) is 18.1 Å². The predicted molar refractivity (Wildman–Crippen MR) is 87.6 cm³/mol. The molecule has 4 nitrogen and oxygen atoms in total. The van der Waals surface area contributed by atoms with E-state index in [4.69, 9.17) is 4.74 Å². The Hall–Kier alpha value is -2.33. The van der Waals surface area contributed by atoms with Crippen LogP contribution in [0.5, 0.6) is 5.75 Å². The van der Waals surface area contributed by atoms with Gasteiger partial charge in [0.05, 0.1) is 0 Å². The van der Waals surface area contributed by atoms with Crippen LogP contribution in [0, 0.1) is 0 Å². The van der Waals surface area contributed by atoms with Crippen molar-refractivity contribution in [2.45, 2.75) is 20.1 Å². The van der Waals surface area contributed by atoms with Crippen molar-refractivity contribution in [3.8, 4) is 5.75 Å². The molecule has 0 saturated carbocycles. The van der Waals surface area contributed by atoms with Gasteiger partial charge in [0.2, 0.25) is 5.91 Å². The highest BCUT2D eigenvalue weighted by atomic mass is 16.5. The van der Waals surface area contributed by atoms with Gasteiger partial charge >= 0.3 is 0 Å². The number of benzene rings is 2. The van der Waals surface area contributed by atoms with E-state index in [0.29, 0.717) is 19.7 Å². The molecule has 1 amide bonds. The summed E-state index contributed by atoms with van der Waals surface area (Å²) in [5.74, 6) is 0.881. The predicted octanol–water partition coefficient (Wildman–Crippen LogP) is 2.49. The minimum absolute atomic E-state index is 0.00612. The lowest BCUT2D eigenvalue weighted by atomic mass is 10.2. The molecule has 0 radical (unpaired) electrons. The second kappa shape index (κ2) is 8.85. The lowest BCUT2D eigenvalue weighted by molar-refractivity contribution is -0.118. The van der Waals surface area contributed by atoms with E-state index in [9.17, 15) is 4.79 Å². The van der Waals surface area contributed by atoms with Crippen LogP contribution in [-0.4, -0.2) is 19.0 Å². The largest absolute Gasteiger partial charge is 0.489 e. The van der Waals surface area contributed by atoms with Crippen molar-refractivity contribution in [3.05, 3.63) is 65.7 Å². The molecule has 0 saturated heterocycles. The summed E-state index contributed by atoms with van der Waals surface area (Å²) in [4.78, 5) is 10.8. The minimum Gasteiger partial charge on any atom is -0.489 e. The number of hydrogen-bond donors (Lipinski definition) is 2. The summed E-state index contributed by atoms with van der Waals surface area (Å²) in [6, 6.07) is 18.1. The summed E-state index contributed by atoms with van der Waals surface area (Å²) in [6.07, 6.45) is 0. The molecular formula is C18H22N2O2. The second-order valence-corrected chi connectivity index (χ2v) is 5.04. The Labute approximate surface area is 131 Å². The van der Waals surface area contributed by atoms with Gasteiger partial charge in [0, 0.05) is 32.1 Å². The van der Waals surface area contributed by atoms with Crippen LogP contribution in [0.25, 0.3) is 0 Å². The second-order valence-electron chi connectivity index (χ2n) is 5.04. The van der Waals surface area contributed by atoms with Gasteiger partial charge in [0.1, 0.15) is 12.4 Å². The van der Waals surface area contributed by atoms with E-state index in [1.165, 1.54) is 6.92 Å². The maximum atomic E-state index is 10.8. The molecule has 116 valence electrons. The first-order valence-electron chi connectivity index (χ1n) is 7.45. The molecule has 0 atom stereocenters. The van der Waals surface area contributed by atoms with E-state index in [1.807, 2.05) is 54.6 Å². The molecule has 2 aromatic rings. The van der Waals surface area contributed by atoms with Crippen LogP contribution in [0.4, 0.5) is 0 Å². The molecule has 0 fully saturated rings. The van der Waals surface area contributed by atoms with Gasteiger partial charge in [-0.3, -0.25) is 4.79 Å². The molecule has 0 aliphatic heterocycles. The number of carbonyl (C=O) groups is 1. The van der Waals surface area contributed by atoms with E-state index in [2.05, 4.69) is 10.6 Å². The smallest absolute Gasteiger partial charge is 0.216 e. The van der Waals surface area contributed by atoms with E-state index < -0.39 is 0 Å². The van der Waals surface area contributed by atoms with Gasteiger partial charge in [0.15, 0.2) is 0 Å². The zero-order chi connectivity index (χ0) is 15.6. The average Bonchev–Trinajstić information content (AvgIpc) is 2.54. The first kappa shape index (κ1) is 16.0. The molecular weight excluding hydrogens is 276 g/mol. The number of carbonyl (C=O) groups excluding carboxylic acids is 1. The lowest BCUT2D eigenvalue weighted by Crippen LogP contribution is -2.29. The molecule has 0 bridgehead atoms. The minimum atomic E-state index is -0.00612. The Morgan fingerprint density at radius 2 is 1.73 bits per heavy atom. The zero-order valence-electron chi connectivity index (χ0n) is 12.8. The van der Waals surface area contributed by atoms with E-state index in [-0.39, 0.29) is 5.91 Å². The quantitative estimate of drug-likeness (QED) is 0.736. The average molecular weight is 298 g/mol. The van der Waals surface area contributed by atoms with Gasteiger partial charge in [-0.25, -0.2) is 0 Å². The molecule has 0 heterocycles. The van der Waals surface area contributed by atoms with Crippen molar-refractivity contribution >= 4 is 5.91 Å². The fourth-order valence-corrected chi connectivity index (χ4v) is 2.08. The SMILES string of the molecule is CC(=O)NCCNCc1ccccc1OCc1ccccc1. The number of amides is 1. The molecule has 0 spiro atoms. The lowest BCUT2D eigenvalue weighted by Gasteiger charge is -2.12. The fraction of sp³-hybridized carbons (Fsp3) is 0.278. The fourth-order valence-electron chi connectivity index (χ4n) is 2.08. The third kappa shape index (κ3) is 5.58. The Kier molecular flexibility index (Phi) is 6.45. The molecule has 22 heavy (non-hydrogen) atoms. The first-order valence-corrected chi connectivity index (χ1v) is 7.45. The number of para-hydroxylation sites is 1. The summed E-state index contributed by atoms with van der Waals surface area (Å²) in [5.41, 5.74) is 2.26. The molecule has 2 aromatic carbocycles. The van der Waals surface area contributed by atoms with Crippen LogP contribution in [0.15, 0.2) is 54.6 Å². The van der Waals surface area contributed by atoms with E-state index in [0.717, 1.165) is 23.4 Å². The third-order valence-corrected chi connectivity index (χ3v) is 3.20. The summed E-state index contributed by atoms with van der Waals surface area (Å²) >= 11 is 0. The number of hydrogen-bond acceptors (Lipinski definition) is 3. The topological polar surface area (TPSA) is 50.4 Å². The molecule has 2 N–H and O–H groups in total. The van der Waals surface area contributed by atoms with E-state index in [1.54, 1.807) is 0 Å². The van der Waals surface area contributed by atoms with Crippen molar-refractivity contribution in [1.29, 1.82) is 0 Å². The maximum Gasteiger partial charge on any atom is 0.216 e. The van der Waals surface area contributed by atoms with E-state index >= 15 is 0 Å². The van der Waals surface area contributed by atoms with Crippen molar-refractivity contribution in [3.63, 3.8) is 0 Å². The monoisotopic (exact) mass is 298 g/mol. The van der Waals surface area contributed by atoms with Crippen molar-refractivity contribution < 1.29 is 9.53 Å². The van der Waals surface area contributed by atoms with Crippen molar-refractivity contribution in [2.75, 3.05) is 13.1 Å². The van der Waals surface area contributed by atoms with Gasteiger partial charge in [-0.05, 0) is 11.6 Å². The normalized spacial score (nSPS) is 10.2. The molecule has 4 heteroatoms. The van der Waals surface area contributed by atoms with Crippen LogP contribution in [0.2, 0.25) is 0 Å². The van der Waals surface area contributed by atoms with Gasteiger partial charge in [-0.1, -0.05) is 48.5 Å². The molecule has 0 aromatic heterocycles. The maximum absolute atomic E-state index is 10.8. The number of nitrogens with one attached hydrogen (secondary N) is 2. The Morgan fingerprint density at radius 1 is 1.00 bits per heavy atom. The summed E-state index contributed by atoms with van der Waals surface area (Å²) in [6.45, 7) is 4.15. The Bertz CT molecular complexity index is 585. The van der Waals surface area contributed by atoms with Crippen LogP contribution in [0.3, 0.4) is 0 Å². The van der Waals surface area contributed by atoms with Crippen LogP contribution in [-0.2, 0) is 17.9 Å². The number of rotatable bonds is 8. The summed E-state index contributed by atoms with van der Waals surface area (Å²) in [5, 5.41) is 6.06. The summed E-state index contributed by atoms with van der Waals surface area (Å²) in [7, 11) is 0. The zero-order valence-corrected chi connectivity index (χ0v) is 12.8. The van der Waals surface area contributed by atoms with Gasteiger partial charge < -0.3 is 15.4 Å². The highest BCUT2D eigenvalue weighted by Gasteiger charge is 2.03.